The van der Waals surface area contributed by atoms with Crippen molar-refractivity contribution in [2.45, 2.75) is 43.9 Å². The molecular formula is C73H54N2. The normalized spacial score (nSPS) is 14.7. The zero-order valence-electron chi connectivity index (χ0n) is 42.6. The minimum atomic E-state index is -0.536. The van der Waals surface area contributed by atoms with Crippen molar-refractivity contribution in [2.75, 3.05) is 9.80 Å². The van der Waals surface area contributed by atoms with Gasteiger partial charge in [0.15, 0.2) is 0 Å². The maximum absolute atomic E-state index is 2.49. The van der Waals surface area contributed by atoms with Crippen LogP contribution in [0, 0.1) is 0 Å². The third kappa shape index (κ3) is 6.08. The van der Waals surface area contributed by atoms with Crippen molar-refractivity contribution >= 4 is 34.1 Å². The van der Waals surface area contributed by atoms with Crippen molar-refractivity contribution in [1.82, 2.24) is 0 Å². The number of hydrogen-bond donors (Lipinski definition) is 0. The highest BCUT2D eigenvalue weighted by molar-refractivity contribution is 6.00. The van der Waals surface area contributed by atoms with Gasteiger partial charge in [-0.2, -0.15) is 0 Å². The largest absolute Gasteiger partial charge is 0.310 e. The average Bonchev–Trinajstić information content (AvgIpc) is 4.11. The van der Waals surface area contributed by atoms with E-state index in [1.165, 1.54) is 94.6 Å². The predicted octanol–water partition coefficient (Wildman–Crippen LogP) is 19.2. The molecule has 2 nitrogen and oxygen atoms in total. The van der Waals surface area contributed by atoms with Crippen LogP contribution in [0.15, 0.2) is 255 Å². The van der Waals surface area contributed by atoms with Crippen LogP contribution in [0.3, 0.4) is 0 Å². The lowest BCUT2D eigenvalue weighted by molar-refractivity contribution is 0.660. The van der Waals surface area contributed by atoms with E-state index < -0.39 is 5.41 Å². The molecule has 0 aliphatic heterocycles. The van der Waals surface area contributed by atoms with Gasteiger partial charge in [-0.05, 0) is 167 Å². The van der Waals surface area contributed by atoms with Gasteiger partial charge in [0, 0.05) is 45.0 Å². The maximum Gasteiger partial charge on any atom is 0.0731 e. The topological polar surface area (TPSA) is 6.48 Å². The highest BCUT2D eigenvalue weighted by atomic mass is 15.2. The van der Waals surface area contributed by atoms with Crippen LogP contribution >= 0.6 is 0 Å². The molecule has 4 aliphatic carbocycles. The second-order valence-electron chi connectivity index (χ2n) is 22.0. The SMILES string of the molecule is CC1(C)c2ccccc2-c2ccc(N(c3ccccc3)c3cc(-c4cccc5c4C4(c6ccccc6-c6ccccc64)c4ccccc4-5)cc(N(c4ccccc4)c4ccc5c(c4)C(C)(C)c4ccccc4-5)c3)cc21. The fourth-order valence-corrected chi connectivity index (χ4v) is 14.1. The fraction of sp³-hybridized carbons (Fsp3) is 0.0959. The Balaban J connectivity index is 1.03. The van der Waals surface area contributed by atoms with Gasteiger partial charge in [-0.3, -0.25) is 0 Å². The summed E-state index contributed by atoms with van der Waals surface area (Å²) in [4.78, 5) is 4.98. The number of para-hydroxylation sites is 2. The van der Waals surface area contributed by atoms with Gasteiger partial charge in [0.05, 0.1) is 5.41 Å². The number of fused-ring (bicyclic) bond motifs is 16. The fourth-order valence-electron chi connectivity index (χ4n) is 14.1. The summed E-state index contributed by atoms with van der Waals surface area (Å²) in [5.41, 5.74) is 29.2. The minimum absolute atomic E-state index is 0.176. The third-order valence-corrected chi connectivity index (χ3v) is 17.4. The van der Waals surface area contributed by atoms with E-state index in [4.69, 9.17) is 0 Å². The molecule has 0 saturated heterocycles. The Bertz CT molecular complexity index is 3910. The second kappa shape index (κ2) is 16.0. The van der Waals surface area contributed by atoms with Crippen molar-refractivity contribution < 1.29 is 0 Å². The molecule has 4 aliphatic rings. The van der Waals surface area contributed by atoms with E-state index in [9.17, 15) is 0 Å². The average molecular weight is 959 g/mol. The summed E-state index contributed by atoms with van der Waals surface area (Å²) in [6.45, 7) is 9.52. The van der Waals surface area contributed by atoms with E-state index in [1.807, 2.05) is 0 Å². The van der Waals surface area contributed by atoms with E-state index in [1.54, 1.807) is 0 Å². The first-order chi connectivity index (χ1) is 36.7. The Hall–Kier alpha value is -8.98. The molecule has 0 heterocycles. The van der Waals surface area contributed by atoms with E-state index in [2.05, 4.69) is 292 Å². The van der Waals surface area contributed by atoms with Gasteiger partial charge in [0.1, 0.15) is 0 Å². The molecule has 0 saturated carbocycles. The number of rotatable bonds is 7. The summed E-state index contributed by atoms with van der Waals surface area (Å²) >= 11 is 0. The highest BCUT2D eigenvalue weighted by Gasteiger charge is 2.52. The van der Waals surface area contributed by atoms with Gasteiger partial charge in [0.25, 0.3) is 0 Å². The zero-order chi connectivity index (χ0) is 50.2. The molecule has 0 amide bonds. The van der Waals surface area contributed by atoms with Crippen LogP contribution in [0.2, 0.25) is 0 Å². The Kier molecular flexibility index (Phi) is 9.30. The van der Waals surface area contributed by atoms with E-state index >= 15 is 0 Å². The summed E-state index contributed by atoms with van der Waals surface area (Å²) in [6.07, 6.45) is 0. The van der Waals surface area contributed by atoms with Crippen LogP contribution in [0.5, 0.6) is 0 Å². The van der Waals surface area contributed by atoms with Gasteiger partial charge < -0.3 is 9.80 Å². The van der Waals surface area contributed by atoms with Gasteiger partial charge in [-0.15, -0.1) is 0 Å². The number of hydrogen-bond acceptors (Lipinski definition) is 2. The van der Waals surface area contributed by atoms with Crippen molar-refractivity contribution in [1.29, 1.82) is 0 Å². The van der Waals surface area contributed by atoms with Crippen molar-refractivity contribution in [3.63, 3.8) is 0 Å². The molecule has 0 bridgehead atoms. The van der Waals surface area contributed by atoms with Crippen molar-refractivity contribution in [3.8, 4) is 55.6 Å². The molecule has 356 valence electrons. The minimum Gasteiger partial charge on any atom is -0.310 e. The predicted molar refractivity (Wildman–Crippen MR) is 313 cm³/mol. The molecule has 11 aromatic carbocycles. The van der Waals surface area contributed by atoms with E-state index in [0.717, 1.165) is 39.7 Å². The first-order valence-electron chi connectivity index (χ1n) is 26.5. The van der Waals surface area contributed by atoms with E-state index in [0.29, 0.717) is 0 Å². The number of nitrogens with zero attached hydrogens (tertiary/aromatic N) is 2. The second-order valence-corrected chi connectivity index (χ2v) is 22.0. The molecule has 15 rings (SSSR count). The molecule has 0 radical (unpaired) electrons. The van der Waals surface area contributed by atoms with Crippen LogP contribution in [-0.2, 0) is 16.2 Å². The lowest BCUT2D eigenvalue weighted by Gasteiger charge is -2.34. The Morgan fingerprint density at radius 1 is 0.227 bits per heavy atom. The highest BCUT2D eigenvalue weighted by Crippen LogP contribution is 2.65. The van der Waals surface area contributed by atoms with Gasteiger partial charge in [-0.25, -0.2) is 0 Å². The van der Waals surface area contributed by atoms with Gasteiger partial charge >= 0.3 is 0 Å². The molecule has 0 N–H and O–H groups in total. The molecule has 0 unspecified atom stereocenters. The van der Waals surface area contributed by atoms with E-state index in [-0.39, 0.29) is 10.8 Å². The quantitative estimate of drug-likeness (QED) is 0.157. The number of benzene rings is 11. The first-order valence-corrected chi connectivity index (χ1v) is 26.5. The molecule has 0 atom stereocenters. The molecule has 75 heavy (non-hydrogen) atoms. The maximum atomic E-state index is 2.49. The summed E-state index contributed by atoms with van der Waals surface area (Å²) in [6, 6.07) is 96.0. The molecule has 2 heteroatoms. The van der Waals surface area contributed by atoms with Crippen molar-refractivity contribution in [3.05, 3.63) is 299 Å². The summed E-state index contributed by atoms with van der Waals surface area (Å²) in [7, 11) is 0. The lowest BCUT2D eigenvalue weighted by Crippen LogP contribution is -2.26. The molecule has 1 spiro atoms. The zero-order valence-corrected chi connectivity index (χ0v) is 42.6. The van der Waals surface area contributed by atoms with Crippen LogP contribution in [0.25, 0.3) is 55.6 Å². The Morgan fingerprint density at radius 3 is 1.00 bits per heavy atom. The van der Waals surface area contributed by atoms with Gasteiger partial charge in [0.2, 0.25) is 0 Å². The molecule has 11 aromatic rings. The monoisotopic (exact) mass is 958 g/mol. The van der Waals surface area contributed by atoms with Crippen molar-refractivity contribution in [2.24, 2.45) is 0 Å². The molecular weight excluding hydrogens is 905 g/mol. The van der Waals surface area contributed by atoms with Crippen LogP contribution < -0.4 is 9.80 Å². The Labute approximate surface area is 440 Å². The Morgan fingerprint density at radius 2 is 0.560 bits per heavy atom. The molecule has 0 aromatic heterocycles. The summed E-state index contributed by atoms with van der Waals surface area (Å²) in [5, 5.41) is 0. The smallest absolute Gasteiger partial charge is 0.0731 e. The number of anilines is 6. The molecule has 0 fully saturated rings. The third-order valence-electron chi connectivity index (χ3n) is 17.4. The van der Waals surface area contributed by atoms with Crippen LogP contribution in [-0.4, -0.2) is 0 Å². The standard InChI is InChI=1S/C73H54N2/c1-71(2)63-33-16-11-26-55(63)60-40-38-50(45-68(60)71)74(48-22-7-5-8-23-48)52-42-47(43-53(44-52)75(49-24-9-6-10-25-49)51-39-41-61-56-27-12-17-34-64(56)72(3,4)69(61)46-51)54-31-21-32-62-59-30-15-20-37-67(59)73(70(54)62)65-35-18-13-28-57(65)58-29-14-19-36-66(58)73/h5-46H,1-4H3. The summed E-state index contributed by atoms with van der Waals surface area (Å²) in [5.74, 6) is 0. The van der Waals surface area contributed by atoms with Gasteiger partial charge in [-0.1, -0.05) is 216 Å². The van der Waals surface area contributed by atoms with Crippen LogP contribution in [0.1, 0.15) is 72.2 Å². The first kappa shape index (κ1) is 43.6. The lowest BCUT2D eigenvalue weighted by atomic mass is 9.68. The van der Waals surface area contributed by atoms with Crippen LogP contribution in [0.4, 0.5) is 34.1 Å². The summed E-state index contributed by atoms with van der Waals surface area (Å²) < 4.78 is 0.